The molecule has 3 rings (SSSR count). The van der Waals surface area contributed by atoms with Crippen LogP contribution < -0.4 is 0 Å². The third-order valence-corrected chi connectivity index (χ3v) is 3.95. The highest BCUT2D eigenvalue weighted by Gasteiger charge is 2.18. The van der Waals surface area contributed by atoms with Gasteiger partial charge < -0.3 is 9.30 Å². The molecule has 1 unspecified atom stereocenters. The van der Waals surface area contributed by atoms with Crippen LogP contribution in [-0.4, -0.2) is 34.4 Å². The van der Waals surface area contributed by atoms with E-state index in [0.29, 0.717) is 0 Å². The number of aromatic nitrogens is 2. The number of piperidine rings is 1. The zero-order valence-electron chi connectivity index (χ0n) is 11.3. The lowest BCUT2D eigenvalue weighted by Crippen LogP contribution is -2.33. The van der Waals surface area contributed by atoms with E-state index < -0.39 is 0 Å². The van der Waals surface area contributed by atoms with Gasteiger partial charge in [-0.1, -0.05) is 6.07 Å². The number of rotatable bonds is 2. The normalized spacial score (nSPS) is 21.6. The van der Waals surface area contributed by atoms with Crippen LogP contribution in [0.15, 0.2) is 24.5 Å². The summed E-state index contributed by atoms with van der Waals surface area (Å²) in [4.78, 5) is 7.22. The molecule has 1 atom stereocenters. The van der Waals surface area contributed by atoms with Gasteiger partial charge >= 0.3 is 0 Å². The molecule has 0 aliphatic carbocycles. The number of hydrogen-bond donors (Lipinski definition) is 0. The Morgan fingerprint density at radius 3 is 3.11 bits per heavy atom. The molecule has 1 saturated heterocycles. The zero-order chi connectivity index (χ0) is 12.5. The Bertz CT molecular complexity index is 544. The second kappa shape index (κ2) is 4.73. The van der Waals surface area contributed by atoms with Gasteiger partial charge in [-0.15, -0.1) is 0 Å². The van der Waals surface area contributed by atoms with Crippen LogP contribution in [0.5, 0.6) is 0 Å². The summed E-state index contributed by atoms with van der Waals surface area (Å²) in [5.74, 6) is 0.772. The molecule has 1 aliphatic rings. The molecule has 3 heterocycles. The van der Waals surface area contributed by atoms with Gasteiger partial charge in [0.1, 0.15) is 5.65 Å². The fourth-order valence-electron chi connectivity index (χ4n) is 3.04. The topological polar surface area (TPSA) is 20.5 Å². The summed E-state index contributed by atoms with van der Waals surface area (Å²) in [7, 11) is 2.22. The molecular formula is C15H21N3. The summed E-state index contributed by atoms with van der Waals surface area (Å²) in [6.45, 7) is 4.59. The van der Waals surface area contributed by atoms with Gasteiger partial charge in [-0.25, -0.2) is 4.98 Å². The fraction of sp³-hybridized carbons (Fsp3) is 0.533. The van der Waals surface area contributed by atoms with E-state index in [1.807, 2.05) is 0 Å². The largest absolute Gasteiger partial charge is 0.307 e. The first-order chi connectivity index (χ1) is 8.72. The van der Waals surface area contributed by atoms with Crippen LogP contribution in [0, 0.1) is 12.8 Å². The van der Waals surface area contributed by atoms with E-state index in [1.54, 1.807) is 0 Å². The molecule has 2 aromatic rings. The molecule has 1 fully saturated rings. The minimum absolute atomic E-state index is 0.772. The second-order valence-corrected chi connectivity index (χ2v) is 5.63. The van der Waals surface area contributed by atoms with Crippen LogP contribution in [0.1, 0.15) is 24.1 Å². The van der Waals surface area contributed by atoms with Crippen molar-refractivity contribution in [3.8, 4) is 0 Å². The van der Waals surface area contributed by atoms with Gasteiger partial charge in [-0.2, -0.15) is 0 Å². The Balaban J connectivity index is 1.80. The Labute approximate surface area is 108 Å². The number of hydrogen-bond acceptors (Lipinski definition) is 2. The molecular weight excluding hydrogens is 222 g/mol. The van der Waals surface area contributed by atoms with Crippen molar-refractivity contribution in [1.82, 2.24) is 14.3 Å². The van der Waals surface area contributed by atoms with Gasteiger partial charge in [0, 0.05) is 18.9 Å². The molecule has 96 valence electrons. The third-order valence-electron chi connectivity index (χ3n) is 3.95. The number of likely N-dealkylation sites (tertiary alicyclic amines) is 1. The highest BCUT2D eigenvalue weighted by atomic mass is 15.1. The first-order valence-corrected chi connectivity index (χ1v) is 6.84. The van der Waals surface area contributed by atoms with Crippen molar-refractivity contribution < 1.29 is 0 Å². The molecule has 0 bridgehead atoms. The summed E-state index contributed by atoms with van der Waals surface area (Å²) in [5, 5.41) is 0. The lowest BCUT2D eigenvalue weighted by atomic mass is 9.94. The number of imidazole rings is 1. The van der Waals surface area contributed by atoms with Crippen molar-refractivity contribution in [3.63, 3.8) is 0 Å². The SMILES string of the molecule is Cc1cccn2cc(CC3CCCN(C)C3)nc12. The Hall–Kier alpha value is -1.35. The summed E-state index contributed by atoms with van der Waals surface area (Å²) < 4.78 is 2.15. The summed E-state index contributed by atoms with van der Waals surface area (Å²) in [5.41, 5.74) is 3.60. The van der Waals surface area contributed by atoms with Crippen molar-refractivity contribution in [3.05, 3.63) is 35.8 Å². The summed E-state index contributed by atoms with van der Waals surface area (Å²) >= 11 is 0. The van der Waals surface area contributed by atoms with E-state index in [-0.39, 0.29) is 0 Å². The van der Waals surface area contributed by atoms with Crippen LogP contribution in [0.4, 0.5) is 0 Å². The molecule has 1 aliphatic heterocycles. The summed E-state index contributed by atoms with van der Waals surface area (Å²) in [6, 6.07) is 4.21. The van der Waals surface area contributed by atoms with Crippen molar-refractivity contribution in [2.75, 3.05) is 20.1 Å². The number of aryl methyl sites for hydroxylation is 1. The van der Waals surface area contributed by atoms with Gasteiger partial charge in [0.15, 0.2) is 0 Å². The fourth-order valence-corrected chi connectivity index (χ4v) is 3.04. The molecule has 3 nitrogen and oxygen atoms in total. The van der Waals surface area contributed by atoms with E-state index in [2.05, 4.69) is 47.8 Å². The smallest absolute Gasteiger partial charge is 0.139 e. The molecule has 2 aromatic heterocycles. The van der Waals surface area contributed by atoms with Crippen LogP contribution in [-0.2, 0) is 6.42 Å². The predicted molar refractivity (Wildman–Crippen MR) is 73.9 cm³/mol. The Kier molecular flexibility index (Phi) is 3.08. The van der Waals surface area contributed by atoms with E-state index in [9.17, 15) is 0 Å². The first kappa shape index (κ1) is 11.7. The number of fused-ring (bicyclic) bond motifs is 1. The van der Waals surface area contributed by atoms with Crippen molar-refractivity contribution in [2.24, 2.45) is 5.92 Å². The Morgan fingerprint density at radius 2 is 2.33 bits per heavy atom. The third kappa shape index (κ3) is 2.27. The van der Waals surface area contributed by atoms with Crippen LogP contribution in [0.3, 0.4) is 0 Å². The summed E-state index contributed by atoms with van der Waals surface area (Å²) in [6.07, 6.45) is 8.07. The lowest BCUT2D eigenvalue weighted by Gasteiger charge is -2.29. The molecule has 0 amide bonds. The van der Waals surface area contributed by atoms with Crippen molar-refractivity contribution in [2.45, 2.75) is 26.2 Å². The van der Waals surface area contributed by atoms with Crippen molar-refractivity contribution >= 4 is 5.65 Å². The lowest BCUT2D eigenvalue weighted by molar-refractivity contribution is 0.208. The highest BCUT2D eigenvalue weighted by Crippen LogP contribution is 2.20. The molecule has 0 radical (unpaired) electrons. The minimum Gasteiger partial charge on any atom is -0.307 e. The minimum atomic E-state index is 0.772. The quantitative estimate of drug-likeness (QED) is 0.808. The van der Waals surface area contributed by atoms with Crippen LogP contribution in [0.25, 0.3) is 5.65 Å². The van der Waals surface area contributed by atoms with Gasteiger partial charge in [-0.3, -0.25) is 0 Å². The number of nitrogens with zero attached hydrogens (tertiary/aromatic N) is 3. The van der Waals surface area contributed by atoms with Gasteiger partial charge in [0.2, 0.25) is 0 Å². The average molecular weight is 243 g/mol. The van der Waals surface area contributed by atoms with E-state index in [0.717, 1.165) is 18.0 Å². The first-order valence-electron chi connectivity index (χ1n) is 6.84. The zero-order valence-corrected chi connectivity index (χ0v) is 11.3. The molecule has 0 aromatic carbocycles. The molecule has 0 spiro atoms. The molecule has 0 saturated carbocycles. The monoisotopic (exact) mass is 243 g/mol. The maximum atomic E-state index is 4.78. The number of pyridine rings is 1. The van der Waals surface area contributed by atoms with Crippen LogP contribution in [0.2, 0.25) is 0 Å². The van der Waals surface area contributed by atoms with Gasteiger partial charge in [-0.05, 0) is 57.3 Å². The van der Waals surface area contributed by atoms with E-state index >= 15 is 0 Å². The van der Waals surface area contributed by atoms with E-state index in [1.165, 1.54) is 37.2 Å². The maximum Gasteiger partial charge on any atom is 0.139 e. The van der Waals surface area contributed by atoms with Gasteiger partial charge in [0.25, 0.3) is 0 Å². The van der Waals surface area contributed by atoms with Crippen LogP contribution >= 0.6 is 0 Å². The Morgan fingerprint density at radius 1 is 1.44 bits per heavy atom. The molecule has 0 N–H and O–H groups in total. The maximum absolute atomic E-state index is 4.78. The average Bonchev–Trinajstić information content (AvgIpc) is 2.73. The van der Waals surface area contributed by atoms with Crippen molar-refractivity contribution in [1.29, 1.82) is 0 Å². The molecule has 3 heteroatoms. The standard InChI is InChI=1S/C15H21N3/c1-12-5-3-8-18-11-14(16-15(12)18)9-13-6-4-7-17(2)10-13/h3,5,8,11,13H,4,6-7,9-10H2,1-2H3. The van der Waals surface area contributed by atoms with E-state index in [4.69, 9.17) is 4.98 Å². The van der Waals surface area contributed by atoms with Gasteiger partial charge in [0.05, 0.1) is 5.69 Å². The molecule has 18 heavy (non-hydrogen) atoms. The second-order valence-electron chi connectivity index (χ2n) is 5.63. The highest BCUT2D eigenvalue weighted by molar-refractivity contribution is 5.47. The predicted octanol–water partition coefficient (Wildman–Crippen LogP) is 2.53.